The number of sulfonamides is 1. The highest BCUT2D eigenvalue weighted by molar-refractivity contribution is 7.90. The summed E-state index contributed by atoms with van der Waals surface area (Å²) in [5.41, 5.74) is 5.46. The van der Waals surface area contributed by atoms with E-state index in [1.165, 1.54) is 35.0 Å². The molecule has 1 saturated carbocycles. The van der Waals surface area contributed by atoms with E-state index < -0.39 is 31.4 Å². The number of aromatic amines is 1. The number of carbonyl (C=O) groups is 1. The van der Waals surface area contributed by atoms with Crippen LogP contribution in [0.2, 0.25) is 0 Å². The fraction of sp³-hybridized carbons (Fsp3) is 0.407. The van der Waals surface area contributed by atoms with E-state index in [-0.39, 0.29) is 35.1 Å². The van der Waals surface area contributed by atoms with Gasteiger partial charge in [-0.15, -0.1) is 0 Å². The maximum Gasteiger partial charge on any atom is 0.293 e. The minimum absolute atomic E-state index is 0.0352. The summed E-state index contributed by atoms with van der Waals surface area (Å²) in [5.74, 6) is 0.821. The Morgan fingerprint density at radius 1 is 0.958 bits per heavy atom. The Kier molecular flexibility index (Phi) is 14.2. The first-order valence-electron chi connectivity index (χ1n) is 24.8. The van der Waals surface area contributed by atoms with Gasteiger partial charge in [0.05, 0.1) is 54.6 Å². The van der Waals surface area contributed by atoms with Crippen LogP contribution in [0.5, 0.6) is 17.2 Å². The van der Waals surface area contributed by atoms with Crippen LogP contribution in [0.1, 0.15) is 78.5 Å². The van der Waals surface area contributed by atoms with Crippen molar-refractivity contribution < 1.29 is 37.1 Å². The molecule has 18 heteroatoms. The van der Waals surface area contributed by atoms with E-state index in [1.807, 2.05) is 24.3 Å². The summed E-state index contributed by atoms with van der Waals surface area (Å²) in [7, 11) is -2.89. The topological polar surface area (TPSA) is 194 Å². The Labute approximate surface area is 420 Å². The second-order valence-electron chi connectivity index (χ2n) is 19.9. The first-order valence-corrected chi connectivity index (χ1v) is 26.3. The number of nitro groups is 1. The van der Waals surface area contributed by atoms with E-state index in [1.54, 1.807) is 31.5 Å². The number of nitrogens with zero attached hydrogens (tertiary/aromatic N) is 5. The average molecular weight is 999 g/mol. The van der Waals surface area contributed by atoms with Gasteiger partial charge in [0.1, 0.15) is 28.6 Å². The number of hydrogen-bond donors (Lipinski definition) is 3. The zero-order valence-electron chi connectivity index (χ0n) is 40.9. The van der Waals surface area contributed by atoms with Gasteiger partial charge in [-0.3, -0.25) is 24.7 Å². The molecule has 2 atom stereocenters. The van der Waals surface area contributed by atoms with Crippen molar-refractivity contribution in [2.24, 2.45) is 5.41 Å². The Morgan fingerprint density at radius 3 is 2.51 bits per heavy atom. The number of anilines is 2. The summed E-state index contributed by atoms with van der Waals surface area (Å²) in [4.78, 5) is 40.3. The molecule has 1 amide bonds. The molecular formula is C54H62N8O9S. The number of hydrogen-bond acceptors (Lipinski definition) is 14. The van der Waals surface area contributed by atoms with Gasteiger partial charge in [-0.25, -0.2) is 18.1 Å². The molecular weight excluding hydrogens is 937 g/mol. The predicted octanol–water partition coefficient (Wildman–Crippen LogP) is 8.65. The molecule has 10 rings (SSSR count). The van der Waals surface area contributed by atoms with E-state index >= 15 is 0 Å². The van der Waals surface area contributed by atoms with Crippen LogP contribution in [0, 0.1) is 15.5 Å². The molecule has 1 aliphatic carbocycles. The van der Waals surface area contributed by atoms with Crippen molar-refractivity contribution in [3.8, 4) is 17.2 Å². The highest BCUT2D eigenvalue weighted by Crippen LogP contribution is 2.53. The molecule has 0 bridgehead atoms. The lowest BCUT2D eigenvalue weighted by Crippen LogP contribution is -2.60. The molecule has 3 saturated heterocycles. The summed E-state index contributed by atoms with van der Waals surface area (Å²) in [6, 6.07) is 30.4. The molecule has 4 aromatic carbocycles. The van der Waals surface area contributed by atoms with Crippen molar-refractivity contribution in [1.29, 1.82) is 0 Å². The lowest BCUT2D eigenvalue weighted by Gasteiger charge is -2.58. The first kappa shape index (κ1) is 49.0. The molecule has 3 N–H and O–H groups in total. The number of rotatable bonds is 16. The van der Waals surface area contributed by atoms with Gasteiger partial charge in [-0.2, -0.15) is 0 Å². The number of benzene rings is 4. The van der Waals surface area contributed by atoms with Gasteiger partial charge in [0.2, 0.25) is 0 Å². The second-order valence-corrected chi connectivity index (χ2v) is 21.5. The summed E-state index contributed by atoms with van der Waals surface area (Å²) in [5, 5.41) is 15.9. The first-order chi connectivity index (χ1) is 34.8. The van der Waals surface area contributed by atoms with Crippen LogP contribution in [0.15, 0.2) is 114 Å². The number of piperazine rings is 1. The molecule has 0 unspecified atom stereocenters. The van der Waals surface area contributed by atoms with Gasteiger partial charge < -0.3 is 34.1 Å². The van der Waals surface area contributed by atoms with Crippen molar-refractivity contribution in [2.45, 2.75) is 75.1 Å². The van der Waals surface area contributed by atoms with Crippen LogP contribution in [0.4, 0.5) is 17.1 Å². The number of nitrogens with one attached hydrogen (secondary N) is 3. The zero-order valence-corrected chi connectivity index (χ0v) is 41.7. The maximum atomic E-state index is 14.1. The van der Waals surface area contributed by atoms with Crippen LogP contribution in [-0.4, -0.2) is 117 Å². The minimum atomic E-state index is -4.59. The normalized spacial score (nSPS) is 19.8. The zero-order chi connectivity index (χ0) is 50.0. The van der Waals surface area contributed by atoms with Crippen molar-refractivity contribution in [3.05, 3.63) is 142 Å². The molecule has 1 spiro atoms. The van der Waals surface area contributed by atoms with Crippen LogP contribution in [0.25, 0.3) is 11.0 Å². The average Bonchev–Trinajstić information content (AvgIpc) is 3.86. The molecule has 5 heterocycles. The molecule has 4 aliphatic rings. The van der Waals surface area contributed by atoms with E-state index in [2.05, 4.69) is 85.0 Å². The number of nitro benzene ring substituents is 1. The highest BCUT2D eigenvalue weighted by atomic mass is 32.2. The van der Waals surface area contributed by atoms with E-state index in [0.29, 0.717) is 49.2 Å². The summed E-state index contributed by atoms with van der Waals surface area (Å²) < 4.78 is 52.5. The highest BCUT2D eigenvalue weighted by Gasteiger charge is 2.50. The van der Waals surface area contributed by atoms with Gasteiger partial charge in [-0.05, 0) is 102 Å². The predicted molar refractivity (Wildman–Crippen MR) is 275 cm³/mol. The smallest absolute Gasteiger partial charge is 0.293 e. The SMILES string of the molecule is COc1ccc(CN2CCN(C3CC4(CCN(c5ccc(C(=O)NS(=O)(=O)c6ccc(NC[C@H]7COCCO7)c([N+](=O)[O-])c6)c(Oc6cnc7[nH]ccc7c6)c5)CC4)C3)[C@@H](c3ccccc3C(C)C)C2)cc1. The molecule has 0 radical (unpaired) electrons. The third-order valence-electron chi connectivity index (χ3n) is 15.0. The summed E-state index contributed by atoms with van der Waals surface area (Å²) in [6.45, 7) is 11.5. The molecule has 17 nitrogen and oxygen atoms in total. The second kappa shape index (κ2) is 20.9. The number of amides is 1. The van der Waals surface area contributed by atoms with Gasteiger partial charge >= 0.3 is 0 Å². The van der Waals surface area contributed by atoms with Gasteiger partial charge in [0.15, 0.2) is 0 Å². The lowest BCUT2D eigenvalue weighted by molar-refractivity contribution is -0.384. The Balaban J connectivity index is 0.835. The van der Waals surface area contributed by atoms with Crippen LogP contribution < -0.4 is 24.4 Å². The van der Waals surface area contributed by atoms with Crippen LogP contribution in [-0.2, 0) is 26.0 Å². The van der Waals surface area contributed by atoms with E-state index in [0.717, 1.165) is 87.8 Å². The number of carbonyl (C=O) groups excluding carboxylic acids is 1. The van der Waals surface area contributed by atoms with Gasteiger partial charge in [0, 0.05) is 87.3 Å². The number of fused-ring (bicyclic) bond motifs is 1. The number of aromatic nitrogens is 2. The van der Waals surface area contributed by atoms with Crippen LogP contribution >= 0.6 is 0 Å². The minimum Gasteiger partial charge on any atom is -0.497 e. The fourth-order valence-corrected chi connectivity index (χ4v) is 12.0. The van der Waals surface area contributed by atoms with E-state index in [4.69, 9.17) is 18.9 Å². The summed E-state index contributed by atoms with van der Waals surface area (Å²) >= 11 is 0. The number of piperidine rings is 1. The maximum absolute atomic E-state index is 14.1. The summed E-state index contributed by atoms with van der Waals surface area (Å²) in [6.07, 6.45) is 7.30. The number of pyridine rings is 1. The molecule has 6 aromatic rings. The Hall–Kier alpha value is -6.57. The van der Waals surface area contributed by atoms with Crippen molar-refractivity contribution in [2.75, 3.05) is 76.4 Å². The molecule has 2 aromatic heterocycles. The van der Waals surface area contributed by atoms with Gasteiger partial charge in [-0.1, -0.05) is 50.2 Å². The van der Waals surface area contributed by atoms with E-state index in [9.17, 15) is 23.3 Å². The molecule has 72 heavy (non-hydrogen) atoms. The van der Waals surface area contributed by atoms with Crippen molar-refractivity contribution >= 4 is 44.0 Å². The Bertz CT molecular complexity index is 3020. The molecule has 378 valence electrons. The van der Waals surface area contributed by atoms with Crippen molar-refractivity contribution in [1.82, 2.24) is 24.5 Å². The lowest BCUT2D eigenvalue weighted by atomic mass is 9.59. The van der Waals surface area contributed by atoms with Crippen LogP contribution in [0.3, 0.4) is 0 Å². The molecule has 4 fully saturated rings. The molecule has 3 aliphatic heterocycles. The van der Waals surface area contributed by atoms with Crippen molar-refractivity contribution in [3.63, 3.8) is 0 Å². The third-order valence-corrected chi connectivity index (χ3v) is 16.3. The Morgan fingerprint density at radius 2 is 1.76 bits per heavy atom. The quantitative estimate of drug-likeness (QED) is 0.0616. The standard InChI is InChI=1S/C54H62N8O9S/c1-36(2)45-6-4-5-7-46(45)50-34-59(33-37-8-11-41(68-3)12-9-37)22-23-61(50)40-29-54(30-40)17-20-60(21-18-54)39-10-14-47(51(27-39)71-42-26-38-16-19-55-52(38)57-31-42)53(63)58-72(66,67)44-13-15-48(49(28-44)62(64)65)56-32-43-35-69-24-25-70-43/h4-16,19,26-28,31,36,40,43,50,56H,17-18,20-25,29-30,32-35H2,1-3H3,(H,55,57)(H,58,63)/t43-,50+/m0/s1. The number of ether oxygens (including phenoxy) is 4. The monoisotopic (exact) mass is 998 g/mol. The number of H-pyrrole nitrogens is 1. The largest absolute Gasteiger partial charge is 0.497 e. The third kappa shape index (κ3) is 10.6. The van der Waals surface area contributed by atoms with Gasteiger partial charge in [0.25, 0.3) is 21.6 Å². The number of methoxy groups -OCH3 is 1. The fourth-order valence-electron chi connectivity index (χ4n) is 11.0.